The minimum absolute atomic E-state index is 0.206. The zero-order chi connectivity index (χ0) is 13.4. The number of nitrogen functional groups attached to an aromatic ring is 1. The first-order valence-electron chi connectivity index (χ1n) is 5.86. The number of nitrogens with zero attached hydrogens (tertiary/aromatic N) is 4. The molecule has 0 fully saturated rings. The quantitative estimate of drug-likeness (QED) is 0.738. The van der Waals surface area contributed by atoms with Gasteiger partial charge in [0.15, 0.2) is 11.5 Å². The number of furan rings is 1. The lowest BCUT2D eigenvalue weighted by molar-refractivity contribution is 0.481. The van der Waals surface area contributed by atoms with Gasteiger partial charge in [-0.3, -0.25) is 0 Å². The number of H-pyrrole nitrogens is 1. The molecule has 0 bridgehead atoms. The average molecular weight is 258 g/mol. The molecule has 3 N–H and O–H groups in total. The number of imidazole rings is 1. The molecular formula is C12H14N6O. The van der Waals surface area contributed by atoms with Gasteiger partial charge in [-0.15, -0.1) is 0 Å². The van der Waals surface area contributed by atoms with Gasteiger partial charge in [0.2, 0.25) is 5.95 Å². The molecule has 0 amide bonds. The molecule has 3 heterocycles. The molecule has 0 saturated heterocycles. The minimum Gasteiger partial charge on any atom is -0.464 e. The SMILES string of the molecule is Cc1ccc(CN(C)c2nc(N)nc3nc[nH]c23)o1. The van der Waals surface area contributed by atoms with Crippen molar-refractivity contribution >= 4 is 22.9 Å². The Morgan fingerprint density at radius 3 is 2.95 bits per heavy atom. The number of hydrogen-bond donors (Lipinski definition) is 2. The molecule has 3 rings (SSSR count). The summed E-state index contributed by atoms with van der Waals surface area (Å²) in [6.07, 6.45) is 1.58. The van der Waals surface area contributed by atoms with Gasteiger partial charge in [0.25, 0.3) is 0 Å². The summed E-state index contributed by atoms with van der Waals surface area (Å²) in [6.45, 7) is 2.51. The maximum absolute atomic E-state index is 5.69. The Bertz CT molecular complexity index is 716. The Morgan fingerprint density at radius 1 is 1.37 bits per heavy atom. The van der Waals surface area contributed by atoms with Crippen LogP contribution in [0, 0.1) is 6.92 Å². The lowest BCUT2D eigenvalue weighted by Gasteiger charge is -2.17. The number of aromatic nitrogens is 4. The summed E-state index contributed by atoms with van der Waals surface area (Å²) in [5.74, 6) is 2.66. The van der Waals surface area contributed by atoms with Gasteiger partial charge >= 0.3 is 0 Å². The monoisotopic (exact) mass is 258 g/mol. The van der Waals surface area contributed by atoms with Crippen LogP contribution in [-0.4, -0.2) is 27.0 Å². The Labute approximate surface area is 109 Å². The zero-order valence-corrected chi connectivity index (χ0v) is 10.7. The molecule has 3 aromatic heterocycles. The number of nitrogens with one attached hydrogen (secondary N) is 1. The molecule has 98 valence electrons. The Balaban J connectivity index is 1.96. The number of hydrogen-bond acceptors (Lipinski definition) is 6. The summed E-state index contributed by atoms with van der Waals surface area (Å²) in [5.41, 5.74) is 7.02. The molecule has 0 atom stereocenters. The standard InChI is InChI=1S/C12H14N6O/c1-7-3-4-8(19-7)5-18(2)11-9-10(15-6-14-9)16-12(13)17-11/h3-4,6H,5H2,1-2H3,(H3,13,14,15,16,17). The molecule has 0 aromatic carbocycles. The van der Waals surface area contributed by atoms with E-state index in [9.17, 15) is 0 Å². The van der Waals surface area contributed by atoms with E-state index in [1.807, 2.05) is 31.0 Å². The van der Waals surface area contributed by atoms with Crippen molar-refractivity contribution in [3.05, 3.63) is 30.0 Å². The molecular weight excluding hydrogens is 244 g/mol. The van der Waals surface area contributed by atoms with E-state index in [1.165, 1.54) is 0 Å². The predicted octanol–water partition coefficient (Wildman–Crippen LogP) is 1.47. The Kier molecular flexibility index (Phi) is 2.59. The van der Waals surface area contributed by atoms with Crippen molar-refractivity contribution in [3.8, 4) is 0 Å². The molecule has 0 aliphatic carbocycles. The first-order chi connectivity index (χ1) is 9.13. The van der Waals surface area contributed by atoms with Gasteiger partial charge in [-0.25, -0.2) is 4.98 Å². The van der Waals surface area contributed by atoms with E-state index in [0.29, 0.717) is 18.0 Å². The lowest BCUT2D eigenvalue weighted by Crippen LogP contribution is -2.18. The van der Waals surface area contributed by atoms with Crippen molar-refractivity contribution in [2.45, 2.75) is 13.5 Å². The highest BCUT2D eigenvalue weighted by Crippen LogP contribution is 2.22. The third kappa shape index (κ3) is 2.10. The number of nitrogens with two attached hydrogens (primary N) is 1. The molecule has 0 radical (unpaired) electrons. The highest BCUT2D eigenvalue weighted by atomic mass is 16.3. The molecule has 7 nitrogen and oxygen atoms in total. The van der Waals surface area contributed by atoms with E-state index in [-0.39, 0.29) is 5.95 Å². The average Bonchev–Trinajstić information content (AvgIpc) is 2.96. The Morgan fingerprint density at radius 2 is 2.21 bits per heavy atom. The molecule has 0 aliphatic rings. The molecule has 3 aromatic rings. The van der Waals surface area contributed by atoms with Crippen LogP contribution in [0.5, 0.6) is 0 Å². The smallest absolute Gasteiger partial charge is 0.224 e. The van der Waals surface area contributed by atoms with Crippen LogP contribution in [0.1, 0.15) is 11.5 Å². The highest BCUT2D eigenvalue weighted by molar-refractivity contribution is 5.83. The maximum Gasteiger partial charge on any atom is 0.224 e. The van der Waals surface area contributed by atoms with Crippen LogP contribution < -0.4 is 10.6 Å². The predicted molar refractivity (Wildman–Crippen MR) is 71.6 cm³/mol. The van der Waals surface area contributed by atoms with Crippen molar-refractivity contribution < 1.29 is 4.42 Å². The number of rotatable bonds is 3. The molecule has 19 heavy (non-hydrogen) atoms. The van der Waals surface area contributed by atoms with Gasteiger partial charge in [0, 0.05) is 7.05 Å². The second-order valence-electron chi connectivity index (χ2n) is 4.37. The van der Waals surface area contributed by atoms with Gasteiger partial charge < -0.3 is 20.0 Å². The number of anilines is 2. The number of aromatic amines is 1. The fourth-order valence-corrected chi connectivity index (χ4v) is 1.99. The van der Waals surface area contributed by atoms with Crippen LogP contribution in [0.4, 0.5) is 11.8 Å². The fraction of sp³-hybridized carbons (Fsp3) is 0.250. The van der Waals surface area contributed by atoms with Gasteiger partial charge in [-0.2, -0.15) is 9.97 Å². The van der Waals surface area contributed by atoms with Crippen LogP contribution >= 0.6 is 0 Å². The van der Waals surface area contributed by atoms with Crippen LogP contribution in [0.3, 0.4) is 0 Å². The van der Waals surface area contributed by atoms with Crippen LogP contribution in [0.25, 0.3) is 11.2 Å². The van der Waals surface area contributed by atoms with Crippen molar-refractivity contribution in [2.75, 3.05) is 17.7 Å². The minimum atomic E-state index is 0.206. The topological polar surface area (TPSA) is 96.9 Å². The molecule has 0 unspecified atom stereocenters. The first-order valence-corrected chi connectivity index (χ1v) is 5.86. The van der Waals surface area contributed by atoms with Gasteiger partial charge in [0.1, 0.15) is 17.0 Å². The third-order valence-corrected chi connectivity index (χ3v) is 2.83. The highest BCUT2D eigenvalue weighted by Gasteiger charge is 2.14. The molecule has 7 heteroatoms. The van der Waals surface area contributed by atoms with Crippen molar-refractivity contribution in [3.63, 3.8) is 0 Å². The number of fused-ring (bicyclic) bond motifs is 1. The largest absolute Gasteiger partial charge is 0.464 e. The van der Waals surface area contributed by atoms with Crippen LogP contribution in [0.15, 0.2) is 22.9 Å². The van der Waals surface area contributed by atoms with Gasteiger partial charge in [-0.05, 0) is 19.1 Å². The fourth-order valence-electron chi connectivity index (χ4n) is 1.99. The Hall–Kier alpha value is -2.57. The summed E-state index contributed by atoms with van der Waals surface area (Å²) in [7, 11) is 1.92. The summed E-state index contributed by atoms with van der Waals surface area (Å²) in [4.78, 5) is 17.4. The second-order valence-corrected chi connectivity index (χ2v) is 4.37. The first kappa shape index (κ1) is 11.5. The van der Waals surface area contributed by atoms with E-state index in [2.05, 4.69) is 19.9 Å². The van der Waals surface area contributed by atoms with Crippen molar-refractivity contribution in [1.29, 1.82) is 0 Å². The third-order valence-electron chi connectivity index (χ3n) is 2.83. The zero-order valence-electron chi connectivity index (χ0n) is 10.7. The van der Waals surface area contributed by atoms with E-state index < -0.39 is 0 Å². The summed E-state index contributed by atoms with van der Waals surface area (Å²) in [5, 5.41) is 0. The van der Waals surface area contributed by atoms with Crippen molar-refractivity contribution in [1.82, 2.24) is 19.9 Å². The van der Waals surface area contributed by atoms with Crippen LogP contribution in [-0.2, 0) is 6.54 Å². The summed E-state index contributed by atoms with van der Waals surface area (Å²) < 4.78 is 5.56. The number of aryl methyl sites for hydroxylation is 1. The van der Waals surface area contributed by atoms with Gasteiger partial charge in [-0.1, -0.05) is 0 Å². The van der Waals surface area contributed by atoms with Gasteiger partial charge in [0.05, 0.1) is 12.9 Å². The summed E-state index contributed by atoms with van der Waals surface area (Å²) >= 11 is 0. The van der Waals surface area contributed by atoms with E-state index in [1.54, 1.807) is 6.33 Å². The lowest BCUT2D eigenvalue weighted by atomic mass is 10.4. The second kappa shape index (κ2) is 4.27. The summed E-state index contributed by atoms with van der Waals surface area (Å²) in [6, 6.07) is 3.88. The van der Waals surface area contributed by atoms with Crippen molar-refractivity contribution in [2.24, 2.45) is 0 Å². The molecule has 0 spiro atoms. The van der Waals surface area contributed by atoms with E-state index in [0.717, 1.165) is 17.0 Å². The van der Waals surface area contributed by atoms with E-state index >= 15 is 0 Å². The molecule has 0 saturated carbocycles. The maximum atomic E-state index is 5.69. The normalized spacial score (nSPS) is 11.1. The van der Waals surface area contributed by atoms with Crippen LogP contribution in [0.2, 0.25) is 0 Å². The van der Waals surface area contributed by atoms with E-state index in [4.69, 9.17) is 10.2 Å². The molecule has 0 aliphatic heterocycles.